The first-order chi connectivity index (χ1) is 23.9. The summed E-state index contributed by atoms with van der Waals surface area (Å²) in [6.45, 7) is 0.890. The lowest BCUT2D eigenvalue weighted by Gasteiger charge is -2.28. The Labute approximate surface area is 300 Å². The van der Waals surface area contributed by atoms with Crippen LogP contribution in [0.4, 0.5) is 27.5 Å². The molecule has 4 heterocycles. The Kier molecular flexibility index (Phi) is 10.5. The normalized spacial score (nSPS) is 11.5. The van der Waals surface area contributed by atoms with Crippen molar-refractivity contribution in [2.75, 3.05) is 31.3 Å². The van der Waals surface area contributed by atoms with Gasteiger partial charge >= 0.3 is 17.5 Å². The molecule has 0 unspecified atom stereocenters. The highest BCUT2D eigenvalue weighted by atomic mass is 79.9. The summed E-state index contributed by atoms with van der Waals surface area (Å²) in [6.07, 6.45) is 7.67. The number of imidazole rings is 1. The van der Waals surface area contributed by atoms with E-state index in [-0.39, 0.29) is 51.2 Å². The second-order valence-electron chi connectivity index (χ2n) is 12.2. The van der Waals surface area contributed by atoms with Gasteiger partial charge < -0.3 is 47.9 Å². The Balaban J connectivity index is 0.00000504. The van der Waals surface area contributed by atoms with Gasteiger partial charge in [-0.2, -0.15) is 5.10 Å². The molecule has 0 bridgehead atoms. The zero-order chi connectivity index (χ0) is 35.6. The molecule has 51 heavy (non-hydrogen) atoms. The van der Waals surface area contributed by atoms with Crippen molar-refractivity contribution in [3.63, 3.8) is 0 Å². The quantitative estimate of drug-likeness (QED) is 0.0695. The van der Waals surface area contributed by atoms with Crippen molar-refractivity contribution < 1.29 is 40.4 Å². The number of fused-ring (bicyclic) bond motifs is 2. The van der Waals surface area contributed by atoms with Gasteiger partial charge in [0.05, 0.1) is 50.6 Å². The number of quaternary nitrogens is 1. The van der Waals surface area contributed by atoms with Crippen LogP contribution in [0.25, 0.3) is 21.8 Å². The average molecular weight is 760 g/mol. The van der Waals surface area contributed by atoms with E-state index in [1.807, 2.05) is 38.4 Å². The molecule has 0 aliphatic heterocycles. The van der Waals surface area contributed by atoms with E-state index in [2.05, 4.69) is 35.7 Å². The number of carbonyl (C=O) groups excluding carboxylic acids is 2. The molecule has 6 aromatic rings. The van der Waals surface area contributed by atoms with Gasteiger partial charge in [-0.05, 0) is 57.9 Å². The van der Waals surface area contributed by atoms with Gasteiger partial charge in [0.1, 0.15) is 30.3 Å². The largest absolute Gasteiger partial charge is 1.00 e. The van der Waals surface area contributed by atoms with E-state index in [9.17, 15) is 24.1 Å². The van der Waals surface area contributed by atoms with Crippen LogP contribution in [-0.4, -0.2) is 76.1 Å². The fourth-order valence-corrected chi connectivity index (χ4v) is 5.51. The van der Waals surface area contributed by atoms with Gasteiger partial charge in [-0.3, -0.25) is 18.8 Å². The molecule has 0 aliphatic carbocycles. The first-order valence-corrected chi connectivity index (χ1v) is 15.2. The summed E-state index contributed by atoms with van der Waals surface area (Å²) in [5.41, 5.74) is 8.54. The molecule has 0 aliphatic rings. The highest BCUT2D eigenvalue weighted by Gasteiger charge is 2.32. The van der Waals surface area contributed by atoms with Crippen molar-refractivity contribution in [3.05, 3.63) is 112 Å². The van der Waals surface area contributed by atoms with Crippen LogP contribution in [0.2, 0.25) is 0 Å². The minimum atomic E-state index is -0.870. The van der Waals surface area contributed by atoms with E-state index < -0.39 is 22.6 Å². The third kappa shape index (κ3) is 8.19. The van der Waals surface area contributed by atoms with Crippen LogP contribution in [0, 0.1) is 15.9 Å². The van der Waals surface area contributed by atoms with Gasteiger partial charge in [0.25, 0.3) is 0 Å². The predicted octanol–water partition coefficient (Wildman–Crippen LogP) is 0.821. The molecule has 4 aromatic heterocycles. The minimum Gasteiger partial charge on any atom is -1.00 e. The van der Waals surface area contributed by atoms with Crippen LogP contribution >= 0.6 is 0 Å². The van der Waals surface area contributed by atoms with Gasteiger partial charge in [-0.1, -0.05) is 12.1 Å². The Hall–Kier alpha value is -6.14. The van der Waals surface area contributed by atoms with E-state index in [4.69, 9.17) is 5.73 Å². The summed E-state index contributed by atoms with van der Waals surface area (Å²) in [7, 11) is 5.13. The van der Waals surface area contributed by atoms with Crippen molar-refractivity contribution in [1.82, 2.24) is 34.3 Å². The number of primary amides is 1. The number of aromatic nitrogens is 7. The van der Waals surface area contributed by atoms with Gasteiger partial charge in [0, 0.05) is 29.6 Å². The lowest BCUT2D eigenvalue weighted by Crippen LogP contribution is -3.00. The van der Waals surface area contributed by atoms with E-state index in [1.54, 1.807) is 29.1 Å². The maximum absolute atomic E-state index is 13.7. The third-order valence-corrected chi connectivity index (χ3v) is 7.93. The Bertz CT molecular complexity index is 2320. The molecule has 262 valence electrons. The molecule has 0 radical (unpaired) electrons. The predicted molar refractivity (Wildman–Crippen MR) is 183 cm³/mol. The summed E-state index contributed by atoms with van der Waals surface area (Å²) in [5.74, 6) is -1.48. The van der Waals surface area contributed by atoms with Crippen molar-refractivity contribution in [2.45, 2.75) is 13.1 Å². The molecule has 4 N–H and O–H groups in total. The van der Waals surface area contributed by atoms with Crippen molar-refractivity contribution in [1.29, 1.82) is 0 Å². The SMILES string of the molecule is Cn1c(C(N)=O)nc([N+](=O)[O-])c1C[N+](C)(C)C/C=C/C(=O)Nc1cc2c(Nc3ccc4c(cnn4Cc4cccc(F)c4)c3)ncnc2cn1.[Br-]. The van der Waals surface area contributed by atoms with E-state index >= 15 is 0 Å². The van der Waals surface area contributed by atoms with Crippen LogP contribution in [0.15, 0.2) is 79.4 Å². The maximum atomic E-state index is 13.7. The number of nitrogens with zero attached hydrogens (tertiary/aromatic N) is 9. The average Bonchev–Trinajstić information content (AvgIpc) is 3.61. The molecule has 0 spiro atoms. The zero-order valence-corrected chi connectivity index (χ0v) is 29.2. The Morgan fingerprint density at radius 2 is 1.90 bits per heavy atom. The number of carbonyl (C=O) groups is 2. The number of hydrogen-bond acceptors (Lipinski definition) is 10. The standard InChI is InChI=1S/C33H31FN12O4.BrH/c1-43-27(32(45(49)50)42-33(43)30(35)48)18-46(2,3)11-5-8-29(47)41-28-14-24-25(16-36-28)37-19-38-31(24)40-23-9-10-26-21(13-23)15-39-44(26)17-20-6-4-7-22(34)12-20;/h4-10,12-16,19H,11,17-18H2,1-3H3,(H3-,35,36,37,38,40,41,42,47,48);1H/b8-5+;. The molecular formula is C33H32BrFN12O4. The smallest absolute Gasteiger partial charge is 0.391 e. The molecule has 6 rings (SSSR count). The molecule has 18 heteroatoms. The third-order valence-electron chi connectivity index (χ3n) is 7.93. The summed E-state index contributed by atoms with van der Waals surface area (Å²) in [5, 5.41) is 23.6. The first kappa shape index (κ1) is 36.1. The number of pyridine rings is 1. The van der Waals surface area contributed by atoms with E-state index in [0.29, 0.717) is 29.8 Å². The van der Waals surface area contributed by atoms with E-state index in [0.717, 1.165) is 22.2 Å². The number of halogens is 2. The van der Waals surface area contributed by atoms with Gasteiger partial charge in [-0.15, -0.1) is 0 Å². The van der Waals surface area contributed by atoms with Crippen molar-refractivity contribution in [3.8, 4) is 0 Å². The zero-order valence-electron chi connectivity index (χ0n) is 27.6. The van der Waals surface area contributed by atoms with E-state index in [1.165, 1.54) is 42.3 Å². The number of nitrogens with one attached hydrogen (secondary N) is 2. The fraction of sp³-hybridized carbons (Fsp3) is 0.182. The molecular weight excluding hydrogens is 727 g/mol. The van der Waals surface area contributed by atoms with Crippen LogP contribution in [0.1, 0.15) is 21.9 Å². The minimum absolute atomic E-state index is 0. The number of benzene rings is 2. The highest BCUT2D eigenvalue weighted by Crippen LogP contribution is 2.27. The number of nitro groups is 1. The number of hydrogen-bond donors (Lipinski definition) is 3. The van der Waals surface area contributed by atoms with Crippen LogP contribution in [0.5, 0.6) is 0 Å². The Morgan fingerprint density at radius 3 is 2.65 bits per heavy atom. The number of nitrogens with two attached hydrogens (primary N) is 1. The lowest BCUT2D eigenvalue weighted by atomic mass is 10.2. The van der Waals surface area contributed by atoms with Crippen molar-refractivity contribution in [2.24, 2.45) is 12.8 Å². The Morgan fingerprint density at radius 1 is 1.10 bits per heavy atom. The van der Waals surface area contributed by atoms with Gasteiger partial charge in [-0.25, -0.2) is 19.3 Å². The summed E-state index contributed by atoms with van der Waals surface area (Å²) < 4.78 is 17.0. The molecule has 0 saturated heterocycles. The molecule has 0 saturated carbocycles. The number of anilines is 3. The van der Waals surface area contributed by atoms with Crippen LogP contribution < -0.4 is 33.3 Å². The maximum Gasteiger partial charge on any atom is 0.391 e. The molecule has 0 atom stereocenters. The number of likely N-dealkylation sites (N-methyl/N-ethyl adjacent to an activating group) is 1. The summed E-state index contributed by atoms with van der Waals surface area (Å²) in [6, 6.07) is 13.8. The molecule has 2 aromatic carbocycles. The summed E-state index contributed by atoms with van der Waals surface area (Å²) in [4.78, 5) is 52.2. The van der Waals surface area contributed by atoms with Crippen LogP contribution in [0.3, 0.4) is 0 Å². The molecule has 16 nitrogen and oxygen atoms in total. The second kappa shape index (κ2) is 14.8. The fourth-order valence-electron chi connectivity index (χ4n) is 5.51. The number of rotatable bonds is 12. The van der Waals surface area contributed by atoms with Gasteiger partial charge in [0.2, 0.25) is 5.91 Å². The van der Waals surface area contributed by atoms with Gasteiger partial charge in [0.15, 0.2) is 5.69 Å². The highest BCUT2D eigenvalue weighted by molar-refractivity contribution is 6.01. The topological polar surface area (TPSA) is 202 Å². The molecule has 2 amide bonds. The van der Waals surface area contributed by atoms with Crippen LogP contribution in [-0.2, 0) is 24.9 Å². The second-order valence-corrected chi connectivity index (χ2v) is 12.2. The summed E-state index contributed by atoms with van der Waals surface area (Å²) >= 11 is 0. The lowest BCUT2D eigenvalue weighted by molar-refractivity contribution is -0.898. The number of amides is 2. The van der Waals surface area contributed by atoms with Crippen molar-refractivity contribution >= 4 is 56.8 Å². The molecule has 0 fully saturated rings. The monoisotopic (exact) mass is 758 g/mol. The first-order valence-electron chi connectivity index (χ1n) is 15.2.